The molecule has 3 N–H and O–H groups in total. The van der Waals surface area contributed by atoms with Gasteiger partial charge in [-0.1, -0.05) is 17.7 Å². The van der Waals surface area contributed by atoms with Crippen LogP contribution in [0, 0.1) is 0 Å². The third-order valence-electron chi connectivity index (χ3n) is 3.43. The molecular formula is C15H21ClN2O3. The van der Waals surface area contributed by atoms with Crippen molar-refractivity contribution in [2.24, 2.45) is 5.73 Å². The number of benzene rings is 1. The van der Waals surface area contributed by atoms with E-state index in [9.17, 15) is 4.79 Å². The molecule has 1 amide bonds. The van der Waals surface area contributed by atoms with Crippen molar-refractivity contribution in [3.63, 3.8) is 0 Å². The predicted molar refractivity (Wildman–Crippen MR) is 81.5 cm³/mol. The molecule has 1 saturated heterocycles. The number of halogens is 1. The first-order chi connectivity index (χ1) is 10.1. The zero-order valence-corrected chi connectivity index (χ0v) is 12.9. The standard InChI is InChI=1S/C15H21ClN2O3/c1-10(17)11-2-3-14(13(16)8-11)21-9-15(19)18-12-4-6-20-7-5-12/h2-3,8,10,12H,4-7,9,17H2,1H3,(H,18,19)/t10-/m1/s1. The van der Waals surface area contributed by atoms with Gasteiger partial charge in [0.25, 0.3) is 5.91 Å². The fourth-order valence-electron chi connectivity index (χ4n) is 2.17. The number of hydrogen-bond donors (Lipinski definition) is 2. The number of nitrogens with one attached hydrogen (secondary N) is 1. The lowest BCUT2D eigenvalue weighted by Crippen LogP contribution is -2.41. The van der Waals surface area contributed by atoms with E-state index in [1.807, 2.05) is 13.0 Å². The monoisotopic (exact) mass is 312 g/mol. The van der Waals surface area contributed by atoms with E-state index in [0.29, 0.717) is 24.0 Å². The SMILES string of the molecule is C[C@@H](N)c1ccc(OCC(=O)NC2CCOCC2)c(Cl)c1. The second-order valence-electron chi connectivity index (χ2n) is 5.22. The highest BCUT2D eigenvalue weighted by Crippen LogP contribution is 2.27. The lowest BCUT2D eigenvalue weighted by Gasteiger charge is -2.23. The number of carbonyl (C=O) groups is 1. The quantitative estimate of drug-likeness (QED) is 0.872. The Morgan fingerprint density at radius 2 is 2.24 bits per heavy atom. The summed E-state index contributed by atoms with van der Waals surface area (Å²) >= 11 is 6.12. The van der Waals surface area contributed by atoms with Gasteiger partial charge in [0.15, 0.2) is 6.61 Å². The first-order valence-corrected chi connectivity index (χ1v) is 7.49. The summed E-state index contributed by atoms with van der Waals surface area (Å²) in [5, 5.41) is 3.39. The molecule has 0 radical (unpaired) electrons. The number of hydrogen-bond acceptors (Lipinski definition) is 4. The summed E-state index contributed by atoms with van der Waals surface area (Å²) in [7, 11) is 0. The van der Waals surface area contributed by atoms with Gasteiger partial charge < -0.3 is 20.5 Å². The number of rotatable bonds is 5. The summed E-state index contributed by atoms with van der Waals surface area (Å²) in [6.07, 6.45) is 1.69. The predicted octanol–water partition coefficient (Wildman–Crippen LogP) is 2.03. The van der Waals surface area contributed by atoms with Gasteiger partial charge in [-0.3, -0.25) is 4.79 Å². The third kappa shape index (κ3) is 4.88. The van der Waals surface area contributed by atoms with Crippen LogP contribution in [-0.2, 0) is 9.53 Å². The lowest BCUT2D eigenvalue weighted by atomic mass is 10.1. The van der Waals surface area contributed by atoms with E-state index in [4.69, 9.17) is 26.8 Å². The molecule has 21 heavy (non-hydrogen) atoms. The van der Waals surface area contributed by atoms with E-state index in [1.165, 1.54) is 0 Å². The van der Waals surface area contributed by atoms with E-state index < -0.39 is 0 Å². The van der Waals surface area contributed by atoms with Gasteiger partial charge in [-0.2, -0.15) is 0 Å². The van der Waals surface area contributed by atoms with Crippen LogP contribution in [0.5, 0.6) is 5.75 Å². The van der Waals surface area contributed by atoms with Crippen molar-refractivity contribution in [2.75, 3.05) is 19.8 Å². The molecule has 1 atom stereocenters. The van der Waals surface area contributed by atoms with Crippen molar-refractivity contribution in [3.8, 4) is 5.75 Å². The second kappa shape index (κ2) is 7.64. The summed E-state index contributed by atoms with van der Waals surface area (Å²) in [6.45, 7) is 3.22. The van der Waals surface area contributed by atoms with Gasteiger partial charge in [-0.25, -0.2) is 0 Å². The minimum Gasteiger partial charge on any atom is -0.482 e. The van der Waals surface area contributed by atoms with E-state index >= 15 is 0 Å². The molecular weight excluding hydrogens is 292 g/mol. The van der Waals surface area contributed by atoms with Crippen molar-refractivity contribution < 1.29 is 14.3 Å². The Morgan fingerprint density at radius 3 is 2.86 bits per heavy atom. The summed E-state index contributed by atoms with van der Waals surface area (Å²) in [4.78, 5) is 11.8. The zero-order chi connectivity index (χ0) is 15.2. The summed E-state index contributed by atoms with van der Waals surface area (Å²) in [5.41, 5.74) is 6.71. The maximum absolute atomic E-state index is 11.8. The summed E-state index contributed by atoms with van der Waals surface area (Å²) < 4.78 is 10.7. The van der Waals surface area contributed by atoms with Crippen LogP contribution in [0.3, 0.4) is 0 Å². The molecule has 1 aliphatic rings. The summed E-state index contributed by atoms with van der Waals surface area (Å²) in [5.74, 6) is 0.345. The smallest absolute Gasteiger partial charge is 0.258 e. The molecule has 1 heterocycles. The van der Waals surface area contributed by atoms with Gasteiger partial charge in [-0.05, 0) is 37.5 Å². The topological polar surface area (TPSA) is 73.6 Å². The van der Waals surface area contributed by atoms with Crippen LogP contribution in [0.1, 0.15) is 31.4 Å². The third-order valence-corrected chi connectivity index (χ3v) is 3.72. The molecule has 1 aliphatic heterocycles. The number of ether oxygens (including phenoxy) is 2. The molecule has 116 valence electrons. The Balaban J connectivity index is 1.83. The Morgan fingerprint density at radius 1 is 1.52 bits per heavy atom. The normalized spacial score (nSPS) is 17.3. The van der Waals surface area contributed by atoms with Crippen molar-refractivity contribution in [1.82, 2.24) is 5.32 Å². The van der Waals surface area contributed by atoms with Crippen molar-refractivity contribution >= 4 is 17.5 Å². The first-order valence-electron chi connectivity index (χ1n) is 7.11. The summed E-state index contributed by atoms with van der Waals surface area (Å²) in [6, 6.07) is 5.43. The maximum Gasteiger partial charge on any atom is 0.258 e. The molecule has 5 nitrogen and oxygen atoms in total. The molecule has 6 heteroatoms. The molecule has 1 aromatic carbocycles. The Hall–Kier alpha value is -1.30. The molecule has 1 aromatic rings. The van der Waals surface area contributed by atoms with Gasteiger partial charge in [0.1, 0.15) is 5.75 Å². The molecule has 0 bridgehead atoms. The van der Waals surface area contributed by atoms with Crippen LogP contribution >= 0.6 is 11.6 Å². The van der Waals surface area contributed by atoms with E-state index in [2.05, 4.69) is 5.32 Å². The van der Waals surface area contributed by atoms with Crippen LogP contribution in [0.15, 0.2) is 18.2 Å². The fraction of sp³-hybridized carbons (Fsp3) is 0.533. The van der Waals surface area contributed by atoms with E-state index in [1.54, 1.807) is 12.1 Å². The van der Waals surface area contributed by atoms with E-state index in [0.717, 1.165) is 18.4 Å². The van der Waals surface area contributed by atoms with Crippen LogP contribution in [0.2, 0.25) is 5.02 Å². The molecule has 0 unspecified atom stereocenters. The molecule has 0 saturated carbocycles. The average molecular weight is 313 g/mol. The minimum atomic E-state index is -0.144. The molecule has 0 spiro atoms. The Kier molecular flexibility index (Phi) is 5.85. The van der Waals surface area contributed by atoms with Crippen molar-refractivity contribution in [1.29, 1.82) is 0 Å². The number of carbonyl (C=O) groups excluding carboxylic acids is 1. The van der Waals surface area contributed by atoms with E-state index in [-0.39, 0.29) is 24.6 Å². The Labute approximate surface area is 129 Å². The molecule has 1 fully saturated rings. The molecule has 2 rings (SSSR count). The Bertz CT molecular complexity index is 488. The second-order valence-corrected chi connectivity index (χ2v) is 5.63. The highest BCUT2D eigenvalue weighted by atomic mass is 35.5. The zero-order valence-electron chi connectivity index (χ0n) is 12.1. The highest BCUT2D eigenvalue weighted by molar-refractivity contribution is 6.32. The van der Waals surface area contributed by atoms with Crippen molar-refractivity contribution in [2.45, 2.75) is 31.8 Å². The first kappa shape index (κ1) is 16.1. The van der Waals surface area contributed by atoms with Gasteiger partial charge in [0, 0.05) is 25.3 Å². The van der Waals surface area contributed by atoms with Gasteiger partial charge in [-0.15, -0.1) is 0 Å². The number of amides is 1. The average Bonchev–Trinajstić information content (AvgIpc) is 2.47. The highest BCUT2D eigenvalue weighted by Gasteiger charge is 2.16. The fourth-order valence-corrected chi connectivity index (χ4v) is 2.42. The molecule has 0 aromatic heterocycles. The maximum atomic E-state index is 11.8. The number of nitrogens with two attached hydrogens (primary N) is 1. The van der Waals surface area contributed by atoms with Crippen LogP contribution < -0.4 is 15.8 Å². The van der Waals surface area contributed by atoms with Gasteiger partial charge >= 0.3 is 0 Å². The van der Waals surface area contributed by atoms with Gasteiger partial charge in [0.05, 0.1) is 5.02 Å². The molecule has 0 aliphatic carbocycles. The largest absolute Gasteiger partial charge is 0.482 e. The van der Waals surface area contributed by atoms with Crippen LogP contribution in [-0.4, -0.2) is 31.8 Å². The minimum absolute atomic E-state index is 0.0470. The van der Waals surface area contributed by atoms with Crippen LogP contribution in [0.4, 0.5) is 0 Å². The lowest BCUT2D eigenvalue weighted by molar-refractivity contribution is -0.124. The van der Waals surface area contributed by atoms with Gasteiger partial charge in [0.2, 0.25) is 0 Å². The van der Waals surface area contributed by atoms with Crippen LogP contribution in [0.25, 0.3) is 0 Å². The van der Waals surface area contributed by atoms with Crippen molar-refractivity contribution in [3.05, 3.63) is 28.8 Å².